The number of urea groups is 1. The minimum absolute atomic E-state index is 0.135. The van der Waals surface area contributed by atoms with E-state index < -0.39 is 17.9 Å². The standard InChI is InChI=1S/C20H16Cl2N2O5/c1-2-24-18(25)16(23-20(24)28)9-12-7-14(21)17(15(22)8-12)29-10-11-3-5-13(6-4-11)19(26)27/h3-9H,2,10H2,1H3,(H,23,28)(H,26,27)/b16-9+. The van der Waals surface area contributed by atoms with Crippen LogP contribution in [0.25, 0.3) is 6.08 Å². The summed E-state index contributed by atoms with van der Waals surface area (Å²) in [5.41, 5.74) is 1.58. The Morgan fingerprint density at radius 3 is 2.31 bits per heavy atom. The zero-order chi connectivity index (χ0) is 21.1. The average Bonchev–Trinajstić information content (AvgIpc) is 2.94. The Bertz CT molecular complexity index is 995. The molecule has 0 aromatic heterocycles. The number of halogens is 2. The van der Waals surface area contributed by atoms with Gasteiger partial charge in [-0.05, 0) is 48.4 Å². The topological polar surface area (TPSA) is 95.9 Å². The highest BCUT2D eigenvalue weighted by atomic mass is 35.5. The number of carbonyl (C=O) groups excluding carboxylic acids is 2. The molecule has 1 fully saturated rings. The second-order valence-corrected chi connectivity index (χ2v) is 6.96. The van der Waals surface area contributed by atoms with Gasteiger partial charge in [0.25, 0.3) is 5.91 Å². The second kappa shape index (κ2) is 8.55. The van der Waals surface area contributed by atoms with Crippen LogP contribution in [0.1, 0.15) is 28.4 Å². The number of amides is 3. The lowest BCUT2D eigenvalue weighted by molar-refractivity contribution is -0.122. The number of carbonyl (C=O) groups is 3. The predicted molar refractivity (Wildman–Crippen MR) is 108 cm³/mol. The summed E-state index contributed by atoms with van der Waals surface area (Å²) in [6.07, 6.45) is 1.49. The SMILES string of the molecule is CCN1C(=O)N/C(=C/c2cc(Cl)c(OCc3ccc(C(=O)O)cc3)c(Cl)c2)C1=O. The molecular weight excluding hydrogens is 419 g/mol. The van der Waals surface area contributed by atoms with E-state index in [0.29, 0.717) is 5.56 Å². The van der Waals surface area contributed by atoms with Gasteiger partial charge in [0.2, 0.25) is 0 Å². The first kappa shape index (κ1) is 20.7. The van der Waals surface area contributed by atoms with Gasteiger partial charge in [0, 0.05) is 6.54 Å². The Labute approximate surface area is 176 Å². The number of hydrogen-bond donors (Lipinski definition) is 2. The van der Waals surface area contributed by atoms with Gasteiger partial charge in [0.1, 0.15) is 12.3 Å². The van der Waals surface area contributed by atoms with Crippen molar-refractivity contribution in [2.24, 2.45) is 0 Å². The highest BCUT2D eigenvalue weighted by Crippen LogP contribution is 2.35. The van der Waals surface area contributed by atoms with Crippen LogP contribution in [0.3, 0.4) is 0 Å². The minimum atomic E-state index is -1.01. The summed E-state index contributed by atoms with van der Waals surface area (Å²) in [5.74, 6) is -1.17. The number of rotatable bonds is 6. The third-order valence-corrected chi connectivity index (χ3v) is 4.76. The van der Waals surface area contributed by atoms with Crippen molar-refractivity contribution in [2.75, 3.05) is 6.54 Å². The fourth-order valence-corrected chi connectivity index (χ4v) is 3.34. The van der Waals surface area contributed by atoms with Crippen LogP contribution in [-0.4, -0.2) is 34.5 Å². The lowest BCUT2D eigenvalue weighted by Crippen LogP contribution is -2.30. The van der Waals surface area contributed by atoms with Gasteiger partial charge in [-0.3, -0.25) is 9.69 Å². The number of benzene rings is 2. The maximum atomic E-state index is 12.2. The number of likely N-dealkylation sites (N-methyl/N-ethyl adjacent to an activating group) is 1. The molecule has 1 aliphatic rings. The van der Waals surface area contributed by atoms with Crippen molar-refractivity contribution >= 4 is 47.2 Å². The molecule has 0 unspecified atom stereocenters. The fraction of sp³-hybridized carbons (Fsp3) is 0.150. The van der Waals surface area contributed by atoms with E-state index in [0.717, 1.165) is 10.5 Å². The second-order valence-electron chi connectivity index (χ2n) is 6.14. The molecule has 1 aliphatic heterocycles. The molecule has 0 spiro atoms. The third-order valence-electron chi connectivity index (χ3n) is 4.19. The van der Waals surface area contributed by atoms with E-state index in [4.69, 9.17) is 33.0 Å². The summed E-state index contributed by atoms with van der Waals surface area (Å²) >= 11 is 12.6. The zero-order valence-corrected chi connectivity index (χ0v) is 16.8. The molecule has 2 N–H and O–H groups in total. The maximum absolute atomic E-state index is 12.2. The number of ether oxygens (including phenoxy) is 1. The van der Waals surface area contributed by atoms with Gasteiger partial charge in [-0.1, -0.05) is 35.3 Å². The Kier molecular flexibility index (Phi) is 6.10. The molecule has 0 atom stereocenters. The van der Waals surface area contributed by atoms with Gasteiger partial charge >= 0.3 is 12.0 Å². The van der Waals surface area contributed by atoms with Gasteiger partial charge in [0.15, 0.2) is 5.75 Å². The molecule has 1 heterocycles. The first-order valence-electron chi connectivity index (χ1n) is 8.58. The largest absolute Gasteiger partial charge is 0.486 e. The van der Waals surface area contributed by atoms with Crippen molar-refractivity contribution in [1.29, 1.82) is 0 Å². The lowest BCUT2D eigenvalue weighted by Gasteiger charge is -2.11. The van der Waals surface area contributed by atoms with E-state index >= 15 is 0 Å². The average molecular weight is 435 g/mol. The highest BCUT2D eigenvalue weighted by molar-refractivity contribution is 6.37. The molecule has 0 aliphatic carbocycles. The maximum Gasteiger partial charge on any atom is 0.335 e. The Balaban J connectivity index is 1.76. The number of hydrogen-bond acceptors (Lipinski definition) is 4. The molecule has 1 saturated heterocycles. The molecule has 0 saturated carbocycles. The molecule has 150 valence electrons. The summed E-state index contributed by atoms with van der Waals surface area (Å²) in [7, 11) is 0. The van der Waals surface area contributed by atoms with E-state index in [1.807, 2.05) is 0 Å². The highest BCUT2D eigenvalue weighted by Gasteiger charge is 2.32. The molecule has 9 heteroatoms. The van der Waals surface area contributed by atoms with Crippen molar-refractivity contribution in [3.05, 3.63) is 68.8 Å². The molecular formula is C20H16Cl2N2O5. The molecule has 29 heavy (non-hydrogen) atoms. The lowest BCUT2D eigenvalue weighted by atomic mass is 10.1. The minimum Gasteiger partial charge on any atom is -0.486 e. The zero-order valence-electron chi connectivity index (χ0n) is 15.2. The van der Waals surface area contributed by atoms with Crippen LogP contribution in [0.15, 0.2) is 42.1 Å². The van der Waals surface area contributed by atoms with Crippen LogP contribution in [0.2, 0.25) is 10.0 Å². The summed E-state index contributed by atoms with van der Waals surface area (Å²) in [5, 5.41) is 11.9. The van der Waals surface area contributed by atoms with Crippen LogP contribution >= 0.6 is 23.2 Å². The molecule has 7 nitrogen and oxygen atoms in total. The normalized spacial score (nSPS) is 15.0. The van der Waals surface area contributed by atoms with Gasteiger partial charge in [-0.15, -0.1) is 0 Å². The number of nitrogens with one attached hydrogen (secondary N) is 1. The molecule has 3 rings (SSSR count). The quantitative estimate of drug-likeness (QED) is 0.524. The van der Waals surface area contributed by atoms with E-state index in [2.05, 4.69) is 5.32 Å². The predicted octanol–water partition coefficient (Wildman–Crippen LogP) is 4.18. The monoisotopic (exact) mass is 434 g/mol. The van der Waals surface area contributed by atoms with Crippen molar-refractivity contribution in [3.8, 4) is 5.75 Å². The Morgan fingerprint density at radius 2 is 1.79 bits per heavy atom. The summed E-state index contributed by atoms with van der Waals surface area (Å²) in [6, 6.07) is 8.89. The van der Waals surface area contributed by atoms with Crippen LogP contribution in [-0.2, 0) is 11.4 Å². The number of carboxylic acids is 1. The van der Waals surface area contributed by atoms with Crippen LogP contribution in [0, 0.1) is 0 Å². The van der Waals surface area contributed by atoms with Crippen LogP contribution in [0.5, 0.6) is 5.75 Å². The molecule has 2 aromatic rings. The first-order valence-corrected chi connectivity index (χ1v) is 9.34. The van der Waals surface area contributed by atoms with E-state index in [-0.39, 0.29) is 40.2 Å². The van der Waals surface area contributed by atoms with E-state index in [9.17, 15) is 14.4 Å². The molecule has 0 radical (unpaired) electrons. The van der Waals surface area contributed by atoms with Gasteiger partial charge < -0.3 is 15.2 Å². The summed E-state index contributed by atoms with van der Waals surface area (Å²) < 4.78 is 5.67. The van der Waals surface area contributed by atoms with Crippen molar-refractivity contribution in [3.63, 3.8) is 0 Å². The number of aromatic carboxylic acids is 1. The number of imide groups is 1. The van der Waals surface area contributed by atoms with Crippen LogP contribution < -0.4 is 10.1 Å². The van der Waals surface area contributed by atoms with Gasteiger partial charge in [-0.25, -0.2) is 9.59 Å². The van der Waals surface area contributed by atoms with E-state index in [1.165, 1.54) is 18.2 Å². The summed E-state index contributed by atoms with van der Waals surface area (Å²) in [4.78, 5) is 35.9. The van der Waals surface area contributed by atoms with Crippen molar-refractivity contribution in [1.82, 2.24) is 10.2 Å². The third kappa shape index (κ3) is 4.52. The Hall–Kier alpha value is -3.03. The smallest absolute Gasteiger partial charge is 0.335 e. The first-order chi connectivity index (χ1) is 13.8. The fourth-order valence-electron chi connectivity index (χ4n) is 2.73. The number of nitrogens with zero attached hydrogens (tertiary/aromatic N) is 1. The van der Waals surface area contributed by atoms with Gasteiger partial charge in [-0.2, -0.15) is 0 Å². The number of carboxylic acid groups (broad SMARTS) is 1. The Morgan fingerprint density at radius 1 is 1.17 bits per heavy atom. The molecule has 2 aromatic carbocycles. The van der Waals surface area contributed by atoms with Gasteiger partial charge in [0.05, 0.1) is 15.6 Å². The summed E-state index contributed by atoms with van der Waals surface area (Å²) in [6.45, 7) is 2.11. The van der Waals surface area contributed by atoms with Crippen LogP contribution in [0.4, 0.5) is 4.79 Å². The molecule has 0 bridgehead atoms. The van der Waals surface area contributed by atoms with E-state index in [1.54, 1.807) is 31.2 Å². The van der Waals surface area contributed by atoms with Crippen molar-refractivity contribution in [2.45, 2.75) is 13.5 Å². The van der Waals surface area contributed by atoms with Crippen molar-refractivity contribution < 1.29 is 24.2 Å². The molecule has 3 amide bonds.